The van der Waals surface area contributed by atoms with E-state index in [4.69, 9.17) is 0 Å². The van der Waals surface area contributed by atoms with Crippen LogP contribution < -0.4 is 10.6 Å². The van der Waals surface area contributed by atoms with Gasteiger partial charge in [-0.25, -0.2) is 4.98 Å². The molecule has 6 nitrogen and oxygen atoms in total. The van der Waals surface area contributed by atoms with Crippen LogP contribution in [0.15, 0.2) is 12.4 Å². The summed E-state index contributed by atoms with van der Waals surface area (Å²) in [5.74, 6) is 1.58. The monoisotopic (exact) mass is 315 g/mol. The lowest BCUT2D eigenvalue weighted by Crippen LogP contribution is -2.50. The molecule has 1 atom stereocenters. The van der Waals surface area contributed by atoms with Crippen LogP contribution in [0.5, 0.6) is 0 Å². The Morgan fingerprint density at radius 3 is 2.95 bits per heavy atom. The molecule has 1 amide bonds. The summed E-state index contributed by atoms with van der Waals surface area (Å²) in [6, 6.07) is 0.161. The van der Waals surface area contributed by atoms with Gasteiger partial charge in [0.1, 0.15) is 5.82 Å². The Labute approximate surface area is 132 Å². The molecule has 1 aromatic heterocycles. The van der Waals surface area contributed by atoms with E-state index >= 15 is 0 Å². The number of aryl methyl sites for hydroxylation is 1. The molecule has 1 saturated heterocycles. The Morgan fingerprint density at radius 1 is 1.57 bits per heavy atom. The highest BCUT2D eigenvalue weighted by molar-refractivity contribution is 5.85. The number of piperazine rings is 1. The normalized spacial score (nSPS) is 19.3. The van der Waals surface area contributed by atoms with Gasteiger partial charge in [-0.15, -0.1) is 12.4 Å². The van der Waals surface area contributed by atoms with Gasteiger partial charge in [0, 0.05) is 45.6 Å². The van der Waals surface area contributed by atoms with Gasteiger partial charge < -0.3 is 15.2 Å². The molecule has 1 unspecified atom stereocenters. The van der Waals surface area contributed by atoms with Gasteiger partial charge in [0.15, 0.2) is 0 Å². The third kappa shape index (κ3) is 4.98. The number of carbonyl (C=O) groups is 1. The van der Waals surface area contributed by atoms with E-state index in [0.29, 0.717) is 12.5 Å². The third-order valence-corrected chi connectivity index (χ3v) is 3.56. The molecule has 1 aromatic rings. The summed E-state index contributed by atoms with van der Waals surface area (Å²) >= 11 is 0. The topological polar surface area (TPSA) is 62.2 Å². The first-order valence-electron chi connectivity index (χ1n) is 7.26. The van der Waals surface area contributed by atoms with Crippen molar-refractivity contribution in [3.05, 3.63) is 18.2 Å². The molecule has 2 heterocycles. The van der Waals surface area contributed by atoms with Crippen molar-refractivity contribution >= 4 is 18.3 Å². The van der Waals surface area contributed by atoms with Crippen molar-refractivity contribution in [1.82, 2.24) is 25.1 Å². The predicted octanol–water partition coefficient (Wildman–Crippen LogP) is 0.560. The van der Waals surface area contributed by atoms with Crippen LogP contribution in [-0.4, -0.2) is 53.1 Å². The van der Waals surface area contributed by atoms with Crippen molar-refractivity contribution in [3.8, 4) is 0 Å². The van der Waals surface area contributed by atoms with Crippen LogP contribution in [0.4, 0.5) is 0 Å². The number of nitrogens with one attached hydrogen (secondary N) is 2. The van der Waals surface area contributed by atoms with E-state index in [2.05, 4.69) is 34.4 Å². The summed E-state index contributed by atoms with van der Waals surface area (Å²) < 4.78 is 2.02. The minimum absolute atomic E-state index is 0. The molecule has 0 saturated carbocycles. The molecule has 1 aliphatic heterocycles. The SMILES string of the molecule is CC(C)CNC(=O)CN1CCNCC1c1nccn1C.Cl. The summed E-state index contributed by atoms with van der Waals surface area (Å²) in [6.45, 7) is 7.99. The molecule has 1 fully saturated rings. The van der Waals surface area contributed by atoms with E-state index in [0.717, 1.165) is 32.0 Å². The summed E-state index contributed by atoms with van der Waals surface area (Å²) in [7, 11) is 1.99. The zero-order chi connectivity index (χ0) is 14.5. The highest BCUT2D eigenvalue weighted by Crippen LogP contribution is 2.19. The number of hydrogen-bond acceptors (Lipinski definition) is 4. The summed E-state index contributed by atoms with van der Waals surface area (Å²) in [5.41, 5.74) is 0. The molecule has 2 rings (SSSR count). The van der Waals surface area contributed by atoms with Gasteiger partial charge in [-0.1, -0.05) is 13.8 Å². The van der Waals surface area contributed by atoms with E-state index < -0.39 is 0 Å². The number of hydrogen-bond donors (Lipinski definition) is 2. The number of halogens is 1. The van der Waals surface area contributed by atoms with Gasteiger partial charge >= 0.3 is 0 Å². The third-order valence-electron chi connectivity index (χ3n) is 3.56. The second-order valence-electron chi connectivity index (χ2n) is 5.78. The van der Waals surface area contributed by atoms with E-state index in [-0.39, 0.29) is 24.4 Å². The average Bonchev–Trinajstić information content (AvgIpc) is 2.83. The lowest BCUT2D eigenvalue weighted by molar-refractivity contribution is -0.123. The van der Waals surface area contributed by atoms with E-state index in [1.807, 2.05) is 17.8 Å². The molecule has 0 radical (unpaired) electrons. The van der Waals surface area contributed by atoms with Crippen LogP contribution in [0.1, 0.15) is 25.7 Å². The molecule has 21 heavy (non-hydrogen) atoms. The zero-order valence-electron chi connectivity index (χ0n) is 13.0. The Kier molecular flexibility index (Phi) is 7.14. The molecule has 1 aliphatic rings. The second-order valence-corrected chi connectivity index (χ2v) is 5.78. The highest BCUT2D eigenvalue weighted by atomic mass is 35.5. The van der Waals surface area contributed by atoms with Gasteiger partial charge in [0.05, 0.1) is 12.6 Å². The van der Waals surface area contributed by atoms with Crippen LogP contribution in [0.3, 0.4) is 0 Å². The van der Waals surface area contributed by atoms with Gasteiger partial charge in [-0.2, -0.15) is 0 Å². The van der Waals surface area contributed by atoms with Gasteiger partial charge in [0.2, 0.25) is 5.91 Å². The summed E-state index contributed by atoms with van der Waals surface area (Å²) in [4.78, 5) is 18.6. The lowest BCUT2D eigenvalue weighted by atomic mass is 10.1. The van der Waals surface area contributed by atoms with Crippen LogP contribution >= 0.6 is 12.4 Å². The maximum Gasteiger partial charge on any atom is 0.234 e. The molecule has 2 N–H and O–H groups in total. The molecule has 0 aliphatic carbocycles. The van der Waals surface area contributed by atoms with Crippen molar-refractivity contribution in [3.63, 3.8) is 0 Å². The maximum atomic E-state index is 12.0. The van der Waals surface area contributed by atoms with Crippen molar-refractivity contribution in [2.75, 3.05) is 32.7 Å². The fourth-order valence-electron chi connectivity index (χ4n) is 2.45. The molecule has 120 valence electrons. The fraction of sp³-hybridized carbons (Fsp3) is 0.714. The van der Waals surface area contributed by atoms with Crippen LogP contribution in [-0.2, 0) is 11.8 Å². The second kappa shape index (κ2) is 8.36. The maximum absolute atomic E-state index is 12.0. The Bertz CT molecular complexity index is 448. The Balaban J connectivity index is 0.00000220. The van der Waals surface area contributed by atoms with E-state index in [1.54, 1.807) is 6.20 Å². The first-order valence-corrected chi connectivity index (χ1v) is 7.26. The molecule has 0 aromatic carbocycles. The van der Waals surface area contributed by atoms with Gasteiger partial charge in [-0.3, -0.25) is 9.69 Å². The van der Waals surface area contributed by atoms with Crippen LogP contribution in [0, 0.1) is 5.92 Å². The van der Waals surface area contributed by atoms with Crippen molar-refractivity contribution in [2.24, 2.45) is 13.0 Å². The Morgan fingerprint density at radius 2 is 2.33 bits per heavy atom. The molecule has 0 bridgehead atoms. The molecular weight excluding hydrogens is 290 g/mol. The van der Waals surface area contributed by atoms with Crippen LogP contribution in [0.25, 0.3) is 0 Å². The minimum Gasteiger partial charge on any atom is -0.355 e. The highest BCUT2D eigenvalue weighted by Gasteiger charge is 2.27. The number of imidazole rings is 1. The lowest BCUT2D eigenvalue weighted by Gasteiger charge is -2.35. The van der Waals surface area contributed by atoms with Crippen molar-refractivity contribution < 1.29 is 4.79 Å². The molecule has 0 spiro atoms. The van der Waals surface area contributed by atoms with E-state index in [1.165, 1.54) is 0 Å². The van der Waals surface area contributed by atoms with Gasteiger partial charge in [0.25, 0.3) is 0 Å². The largest absolute Gasteiger partial charge is 0.355 e. The molecular formula is C14H26ClN5O. The Hall–Kier alpha value is -1.11. The van der Waals surface area contributed by atoms with Crippen molar-refractivity contribution in [2.45, 2.75) is 19.9 Å². The number of rotatable bonds is 5. The predicted molar refractivity (Wildman–Crippen MR) is 85.5 cm³/mol. The van der Waals surface area contributed by atoms with Crippen LogP contribution in [0.2, 0.25) is 0 Å². The molecule has 7 heteroatoms. The summed E-state index contributed by atoms with van der Waals surface area (Å²) in [5, 5.41) is 6.36. The number of aromatic nitrogens is 2. The minimum atomic E-state index is 0. The number of carbonyl (C=O) groups excluding carboxylic acids is 1. The van der Waals surface area contributed by atoms with E-state index in [9.17, 15) is 4.79 Å². The van der Waals surface area contributed by atoms with Gasteiger partial charge in [-0.05, 0) is 5.92 Å². The first-order chi connectivity index (χ1) is 9.58. The summed E-state index contributed by atoms with van der Waals surface area (Å²) in [6.07, 6.45) is 3.75. The fourth-order valence-corrected chi connectivity index (χ4v) is 2.45. The smallest absolute Gasteiger partial charge is 0.234 e. The zero-order valence-corrected chi connectivity index (χ0v) is 13.8. The average molecular weight is 316 g/mol. The standard InChI is InChI=1S/C14H25N5O.ClH/c1-11(2)8-17-13(20)10-19-7-4-15-9-12(19)14-16-5-6-18(14)3;/h5-6,11-12,15H,4,7-10H2,1-3H3,(H,17,20);1H. The first kappa shape index (κ1) is 17.9. The number of nitrogens with zero attached hydrogens (tertiary/aromatic N) is 3. The number of amides is 1. The van der Waals surface area contributed by atoms with Crippen molar-refractivity contribution in [1.29, 1.82) is 0 Å². The quantitative estimate of drug-likeness (QED) is 0.833.